The van der Waals surface area contributed by atoms with Crippen LogP contribution in [-0.2, 0) is 9.53 Å². The molecule has 0 unspecified atom stereocenters. The third-order valence-corrected chi connectivity index (χ3v) is 4.63. The molecule has 0 N–H and O–H groups in total. The molecule has 144 valence electrons. The maximum Gasteiger partial charge on any atom is 0.338 e. The van der Waals surface area contributed by atoms with E-state index in [1.807, 2.05) is 30.3 Å². The number of carbonyl (C=O) groups excluding carboxylic acids is 2. The van der Waals surface area contributed by atoms with Crippen molar-refractivity contribution in [3.63, 3.8) is 0 Å². The summed E-state index contributed by atoms with van der Waals surface area (Å²) in [4.78, 5) is 28.3. The van der Waals surface area contributed by atoms with Gasteiger partial charge in [0, 0.05) is 26.2 Å². The number of carbonyl (C=O) groups is 2. The fourth-order valence-corrected chi connectivity index (χ4v) is 3.07. The molecule has 0 radical (unpaired) electrons. The minimum Gasteiger partial charge on any atom is -0.495 e. The van der Waals surface area contributed by atoms with Gasteiger partial charge in [0.25, 0.3) is 5.91 Å². The van der Waals surface area contributed by atoms with Crippen LogP contribution in [0.15, 0.2) is 48.5 Å². The lowest BCUT2D eigenvalue weighted by atomic mass is 10.1. The molecule has 7 nitrogen and oxygen atoms in total. The normalized spacial score (nSPS) is 13.6. The van der Waals surface area contributed by atoms with Gasteiger partial charge in [-0.3, -0.25) is 4.79 Å². The molecule has 1 amide bonds. The second kappa shape index (κ2) is 8.91. The molecule has 28 heavy (non-hydrogen) atoms. The van der Waals surface area contributed by atoms with Gasteiger partial charge in [-0.15, -0.1) is 0 Å². The summed E-state index contributed by atoms with van der Waals surface area (Å²) in [6.45, 7) is 2.15. The topological polar surface area (TPSA) is 82.9 Å². The van der Waals surface area contributed by atoms with Gasteiger partial charge >= 0.3 is 5.97 Å². The van der Waals surface area contributed by atoms with Gasteiger partial charge in [0.1, 0.15) is 5.75 Å². The van der Waals surface area contributed by atoms with Crippen molar-refractivity contribution in [1.82, 2.24) is 4.90 Å². The van der Waals surface area contributed by atoms with Crippen molar-refractivity contribution >= 4 is 17.6 Å². The first kappa shape index (κ1) is 19.2. The Morgan fingerprint density at radius 2 is 1.71 bits per heavy atom. The van der Waals surface area contributed by atoms with E-state index in [0.717, 1.165) is 11.4 Å². The maximum absolute atomic E-state index is 12.4. The van der Waals surface area contributed by atoms with Crippen molar-refractivity contribution in [3.05, 3.63) is 59.7 Å². The smallest absolute Gasteiger partial charge is 0.338 e. The molecule has 1 saturated heterocycles. The molecule has 1 fully saturated rings. The Morgan fingerprint density at radius 3 is 2.36 bits per heavy atom. The van der Waals surface area contributed by atoms with Gasteiger partial charge < -0.3 is 19.3 Å². The number of rotatable bonds is 5. The van der Waals surface area contributed by atoms with Crippen LogP contribution in [0, 0.1) is 11.3 Å². The van der Waals surface area contributed by atoms with Gasteiger partial charge in [-0.25, -0.2) is 4.79 Å². The average Bonchev–Trinajstić information content (AvgIpc) is 2.77. The Kier molecular flexibility index (Phi) is 6.12. The van der Waals surface area contributed by atoms with E-state index in [0.29, 0.717) is 37.3 Å². The molecule has 0 atom stereocenters. The largest absolute Gasteiger partial charge is 0.495 e. The van der Waals surface area contributed by atoms with Gasteiger partial charge in [-0.1, -0.05) is 12.1 Å². The second-order valence-corrected chi connectivity index (χ2v) is 6.30. The Balaban J connectivity index is 1.50. The van der Waals surface area contributed by atoms with E-state index in [2.05, 4.69) is 4.90 Å². The van der Waals surface area contributed by atoms with Crippen molar-refractivity contribution in [1.29, 1.82) is 5.26 Å². The minimum atomic E-state index is -0.578. The fraction of sp³-hybridized carbons (Fsp3) is 0.286. The zero-order chi connectivity index (χ0) is 19.9. The van der Waals surface area contributed by atoms with E-state index in [4.69, 9.17) is 14.7 Å². The standard InChI is InChI=1S/C21H21N3O4/c1-27-19-5-3-2-4-18(19)23-10-12-24(13-11-23)20(25)15-28-21(26)17-8-6-16(14-22)7-9-17/h2-9H,10-13,15H2,1H3. The highest BCUT2D eigenvalue weighted by molar-refractivity contribution is 5.91. The molecule has 2 aromatic carbocycles. The number of para-hydroxylation sites is 2. The number of piperazine rings is 1. The van der Waals surface area contributed by atoms with Crippen molar-refractivity contribution in [3.8, 4) is 11.8 Å². The Labute approximate surface area is 163 Å². The number of ether oxygens (including phenoxy) is 2. The predicted octanol–water partition coefficient (Wildman–Crippen LogP) is 2.07. The molecule has 0 aliphatic carbocycles. The number of benzene rings is 2. The number of nitriles is 1. The number of nitrogens with zero attached hydrogens (tertiary/aromatic N) is 3. The molecule has 3 rings (SSSR count). The Bertz CT molecular complexity index is 881. The highest BCUT2D eigenvalue weighted by atomic mass is 16.5. The van der Waals surface area contributed by atoms with Crippen LogP contribution >= 0.6 is 0 Å². The average molecular weight is 379 g/mol. The molecule has 0 aromatic heterocycles. The molecule has 1 heterocycles. The zero-order valence-electron chi connectivity index (χ0n) is 15.6. The fourth-order valence-electron chi connectivity index (χ4n) is 3.07. The van der Waals surface area contributed by atoms with Gasteiger partial charge in [-0.2, -0.15) is 5.26 Å². The summed E-state index contributed by atoms with van der Waals surface area (Å²) in [7, 11) is 1.64. The monoisotopic (exact) mass is 379 g/mol. The van der Waals surface area contributed by atoms with E-state index < -0.39 is 5.97 Å². The SMILES string of the molecule is COc1ccccc1N1CCN(C(=O)COC(=O)c2ccc(C#N)cc2)CC1. The van der Waals surface area contributed by atoms with Crippen molar-refractivity contribution in [2.75, 3.05) is 44.8 Å². The minimum absolute atomic E-state index is 0.221. The lowest BCUT2D eigenvalue weighted by Crippen LogP contribution is -2.50. The van der Waals surface area contributed by atoms with Crippen LogP contribution in [0.3, 0.4) is 0 Å². The van der Waals surface area contributed by atoms with Crippen molar-refractivity contribution in [2.24, 2.45) is 0 Å². The molecule has 2 aromatic rings. The van der Waals surface area contributed by atoms with E-state index in [-0.39, 0.29) is 12.5 Å². The van der Waals surface area contributed by atoms with Crippen molar-refractivity contribution in [2.45, 2.75) is 0 Å². The number of anilines is 1. The lowest BCUT2D eigenvalue weighted by molar-refractivity contribution is -0.134. The van der Waals surface area contributed by atoms with E-state index in [9.17, 15) is 9.59 Å². The molecule has 1 aliphatic rings. The van der Waals surface area contributed by atoms with Gasteiger partial charge in [-0.05, 0) is 36.4 Å². The lowest BCUT2D eigenvalue weighted by Gasteiger charge is -2.36. The molecule has 0 bridgehead atoms. The van der Waals surface area contributed by atoms with Crippen LogP contribution < -0.4 is 9.64 Å². The molecule has 0 spiro atoms. The number of amides is 1. The predicted molar refractivity (Wildman–Crippen MR) is 103 cm³/mol. The quantitative estimate of drug-likeness (QED) is 0.740. The highest BCUT2D eigenvalue weighted by Gasteiger charge is 2.23. The summed E-state index contributed by atoms with van der Waals surface area (Å²) in [6, 6.07) is 15.9. The molecule has 0 saturated carbocycles. The van der Waals surface area contributed by atoms with Crippen LogP contribution in [0.25, 0.3) is 0 Å². The van der Waals surface area contributed by atoms with Crippen LogP contribution in [0.1, 0.15) is 15.9 Å². The zero-order valence-corrected chi connectivity index (χ0v) is 15.6. The van der Waals surface area contributed by atoms with E-state index >= 15 is 0 Å². The molecule has 7 heteroatoms. The Morgan fingerprint density at radius 1 is 1.04 bits per heavy atom. The van der Waals surface area contributed by atoms with Crippen LogP contribution in [0.4, 0.5) is 5.69 Å². The number of hydrogen-bond acceptors (Lipinski definition) is 6. The maximum atomic E-state index is 12.4. The highest BCUT2D eigenvalue weighted by Crippen LogP contribution is 2.28. The second-order valence-electron chi connectivity index (χ2n) is 6.30. The van der Waals surface area contributed by atoms with Gasteiger partial charge in [0.2, 0.25) is 0 Å². The van der Waals surface area contributed by atoms with Crippen LogP contribution in [0.2, 0.25) is 0 Å². The summed E-state index contributed by atoms with van der Waals surface area (Å²) < 4.78 is 10.5. The van der Waals surface area contributed by atoms with Gasteiger partial charge in [0.05, 0.1) is 30.0 Å². The first-order chi connectivity index (χ1) is 13.6. The summed E-state index contributed by atoms with van der Waals surface area (Å²) in [5, 5.41) is 8.78. The summed E-state index contributed by atoms with van der Waals surface area (Å²) >= 11 is 0. The molecule has 1 aliphatic heterocycles. The van der Waals surface area contributed by atoms with E-state index in [1.54, 1.807) is 12.0 Å². The molecular weight excluding hydrogens is 358 g/mol. The summed E-state index contributed by atoms with van der Waals surface area (Å²) in [6.07, 6.45) is 0. The molecular formula is C21H21N3O4. The van der Waals surface area contributed by atoms with Crippen molar-refractivity contribution < 1.29 is 19.1 Å². The Hall–Kier alpha value is -3.53. The number of hydrogen-bond donors (Lipinski definition) is 0. The third-order valence-electron chi connectivity index (χ3n) is 4.63. The summed E-state index contributed by atoms with van der Waals surface area (Å²) in [5.74, 6) is 0.00536. The number of methoxy groups -OCH3 is 1. The third kappa shape index (κ3) is 4.41. The van der Waals surface area contributed by atoms with Gasteiger partial charge in [0.15, 0.2) is 6.61 Å². The first-order valence-electron chi connectivity index (χ1n) is 8.95. The van der Waals surface area contributed by atoms with Crippen LogP contribution in [0.5, 0.6) is 5.75 Å². The van der Waals surface area contributed by atoms with E-state index in [1.165, 1.54) is 24.3 Å². The number of esters is 1. The summed E-state index contributed by atoms with van der Waals surface area (Å²) in [5.41, 5.74) is 1.78. The first-order valence-corrected chi connectivity index (χ1v) is 8.95. The van der Waals surface area contributed by atoms with Crippen LogP contribution in [-0.4, -0.2) is 56.7 Å².